The lowest BCUT2D eigenvalue weighted by atomic mass is 9.97. The molecule has 2 aromatic rings. The lowest BCUT2D eigenvalue weighted by molar-refractivity contribution is -0.121. The summed E-state index contributed by atoms with van der Waals surface area (Å²) in [5.41, 5.74) is 2.83. The highest BCUT2D eigenvalue weighted by Gasteiger charge is 2.41. The molecular weight excluding hydrogens is 362 g/mol. The van der Waals surface area contributed by atoms with Gasteiger partial charge in [-0.05, 0) is 56.9 Å². The number of ether oxygens (including phenoxy) is 1. The zero-order valence-corrected chi connectivity index (χ0v) is 16.2. The van der Waals surface area contributed by atoms with Crippen molar-refractivity contribution in [2.75, 3.05) is 12.0 Å². The SMILES string of the molecule is COc1ccc(N2C(=O)CC(Sc3nc(C)nc4c3CCCC4)C2=O)cc1. The van der Waals surface area contributed by atoms with E-state index in [0.29, 0.717) is 11.4 Å². The van der Waals surface area contributed by atoms with E-state index in [9.17, 15) is 9.59 Å². The van der Waals surface area contributed by atoms with E-state index in [1.54, 1.807) is 31.4 Å². The molecule has 1 aromatic heterocycles. The molecule has 6 nitrogen and oxygen atoms in total. The number of thioether (sulfide) groups is 1. The van der Waals surface area contributed by atoms with Crippen LogP contribution in [0.25, 0.3) is 0 Å². The molecule has 1 aliphatic carbocycles. The van der Waals surface area contributed by atoms with Crippen LogP contribution in [-0.4, -0.2) is 34.1 Å². The zero-order valence-electron chi connectivity index (χ0n) is 15.4. The lowest BCUT2D eigenvalue weighted by Gasteiger charge is -2.19. The Morgan fingerprint density at radius 3 is 2.59 bits per heavy atom. The number of carbonyl (C=O) groups is 2. The number of amides is 2. The normalized spacial score (nSPS) is 19.3. The second kappa shape index (κ2) is 7.31. The first-order valence-electron chi connectivity index (χ1n) is 9.10. The lowest BCUT2D eigenvalue weighted by Crippen LogP contribution is -2.31. The van der Waals surface area contributed by atoms with Gasteiger partial charge >= 0.3 is 0 Å². The maximum atomic E-state index is 12.9. The molecule has 0 bridgehead atoms. The van der Waals surface area contributed by atoms with Gasteiger partial charge in [0.25, 0.3) is 0 Å². The van der Waals surface area contributed by atoms with Crippen molar-refractivity contribution in [3.05, 3.63) is 41.3 Å². The molecule has 0 spiro atoms. The maximum Gasteiger partial charge on any atom is 0.247 e. The Kier molecular flexibility index (Phi) is 4.86. The number of nitrogens with zero attached hydrogens (tertiary/aromatic N) is 3. The Labute approximate surface area is 162 Å². The van der Waals surface area contributed by atoms with Crippen molar-refractivity contribution < 1.29 is 14.3 Å². The molecule has 1 unspecified atom stereocenters. The largest absolute Gasteiger partial charge is 0.497 e. The molecule has 2 amide bonds. The first-order valence-corrected chi connectivity index (χ1v) is 9.98. The first-order chi connectivity index (χ1) is 13.1. The molecule has 0 N–H and O–H groups in total. The van der Waals surface area contributed by atoms with E-state index < -0.39 is 5.25 Å². The number of fused-ring (bicyclic) bond motifs is 1. The predicted molar refractivity (Wildman–Crippen MR) is 103 cm³/mol. The van der Waals surface area contributed by atoms with Crippen molar-refractivity contribution in [1.82, 2.24) is 9.97 Å². The summed E-state index contributed by atoms with van der Waals surface area (Å²) >= 11 is 1.41. The van der Waals surface area contributed by atoms with Gasteiger partial charge in [0.1, 0.15) is 16.6 Å². The third-order valence-corrected chi connectivity index (χ3v) is 6.16. The summed E-state index contributed by atoms with van der Waals surface area (Å²) in [5.74, 6) is 1.05. The first kappa shape index (κ1) is 18.0. The van der Waals surface area contributed by atoms with Crippen LogP contribution in [-0.2, 0) is 22.4 Å². The van der Waals surface area contributed by atoms with Crippen molar-refractivity contribution in [3.63, 3.8) is 0 Å². The van der Waals surface area contributed by atoms with Crippen LogP contribution in [0.1, 0.15) is 36.3 Å². The summed E-state index contributed by atoms with van der Waals surface area (Å²) in [7, 11) is 1.58. The summed E-state index contributed by atoms with van der Waals surface area (Å²) in [6.07, 6.45) is 4.34. The molecular formula is C20H21N3O3S. The topological polar surface area (TPSA) is 72.4 Å². The number of anilines is 1. The fourth-order valence-corrected chi connectivity index (χ4v) is 4.86. The summed E-state index contributed by atoms with van der Waals surface area (Å²) in [6.45, 7) is 1.88. The van der Waals surface area contributed by atoms with Crippen LogP contribution in [0.2, 0.25) is 0 Å². The Balaban J connectivity index is 1.58. The fraction of sp³-hybridized carbons (Fsp3) is 0.400. The molecule has 1 saturated heterocycles. The van der Waals surface area contributed by atoms with Crippen molar-refractivity contribution in [2.45, 2.75) is 49.3 Å². The number of rotatable bonds is 4. The molecule has 27 heavy (non-hydrogen) atoms. The van der Waals surface area contributed by atoms with Crippen LogP contribution < -0.4 is 9.64 Å². The maximum absolute atomic E-state index is 12.9. The number of imide groups is 1. The quantitative estimate of drug-likeness (QED) is 0.597. The molecule has 4 rings (SSSR count). The molecule has 0 saturated carbocycles. The average Bonchev–Trinajstić information content (AvgIpc) is 2.95. The molecule has 1 aromatic carbocycles. The van der Waals surface area contributed by atoms with Crippen molar-refractivity contribution in [1.29, 1.82) is 0 Å². The van der Waals surface area contributed by atoms with Crippen LogP contribution in [0.4, 0.5) is 5.69 Å². The Morgan fingerprint density at radius 2 is 1.85 bits per heavy atom. The van der Waals surface area contributed by atoms with Gasteiger partial charge in [0.2, 0.25) is 11.8 Å². The van der Waals surface area contributed by atoms with Gasteiger partial charge in [0.15, 0.2) is 0 Å². The summed E-state index contributed by atoms with van der Waals surface area (Å²) in [5, 5.41) is 0.417. The van der Waals surface area contributed by atoms with Crippen LogP contribution >= 0.6 is 11.8 Å². The minimum absolute atomic E-state index is 0.178. The monoisotopic (exact) mass is 383 g/mol. The average molecular weight is 383 g/mol. The summed E-state index contributed by atoms with van der Waals surface area (Å²) < 4.78 is 5.14. The number of benzene rings is 1. The third kappa shape index (κ3) is 3.43. The van der Waals surface area contributed by atoms with Crippen LogP contribution in [0.15, 0.2) is 29.3 Å². The minimum Gasteiger partial charge on any atom is -0.497 e. The Morgan fingerprint density at radius 1 is 1.11 bits per heavy atom. The molecule has 140 valence electrons. The number of aryl methyl sites for hydroxylation is 2. The van der Waals surface area contributed by atoms with Crippen molar-refractivity contribution >= 4 is 29.3 Å². The molecule has 1 atom stereocenters. The standard InChI is InChI=1S/C20H21N3O3S/c1-12-21-16-6-4-3-5-15(16)19(22-12)27-17-11-18(24)23(20(17)25)13-7-9-14(26-2)10-8-13/h7-10,17H,3-6,11H2,1-2H3. The molecule has 2 heterocycles. The Bertz CT molecular complexity index is 898. The van der Waals surface area contributed by atoms with E-state index in [0.717, 1.165) is 47.8 Å². The Hall–Kier alpha value is -2.41. The molecule has 2 aliphatic rings. The number of methoxy groups -OCH3 is 1. The third-order valence-electron chi connectivity index (χ3n) is 4.95. The minimum atomic E-state index is -0.445. The zero-order chi connectivity index (χ0) is 19.0. The van der Waals surface area contributed by atoms with Gasteiger partial charge in [-0.2, -0.15) is 0 Å². The summed E-state index contributed by atoms with van der Waals surface area (Å²) in [6, 6.07) is 6.97. The van der Waals surface area contributed by atoms with Crippen molar-refractivity contribution in [2.24, 2.45) is 0 Å². The number of aromatic nitrogens is 2. The molecule has 7 heteroatoms. The van der Waals surface area contributed by atoms with Gasteiger partial charge in [-0.1, -0.05) is 11.8 Å². The van der Waals surface area contributed by atoms with E-state index in [2.05, 4.69) is 9.97 Å². The number of carbonyl (C=O) groups excluding carboxylic acids is 2. The second-order valence-corrected chi connectivity index (χ2v) is 7.98. The van der Waals surface area contributed by atoms with Gasteiger partial charge < -0.3 is 4.74 Å². The smallest absolute Gasteiger partial charge is 0.247 e. The van der Waals surface area contributed by atoms with Crippen LogP contribution in [0, 0.1) is 6.92 Å². The second-order valence-electron chi connectivity index (χ2n) is 6.78. The van der Waals surface area contributed by atoms with E-state index in [1.807, 2.05) is 6.92 Å². The van der Waals surface area contributed by atoms with Crippen molar-refractivity contribution in [3.8, 4) is 5.75 Å². The van der Waals surface area contributed by atoms with E-state index in [4.69, 9.17) is 4.74 Å². The molecule has 1 aliphatic heterocycles. The van der Waals surface area contributed by atoms with Crippen LogP contribution in [0.3, 0.4) is 0 Å². The predicted octanol–water partition coefficient (Wildman–Crippen LogP) is 3.10. The van der Waals surface area contributed by atoms with E-state index >= 15 is 0 Å². The van der Waals surface area contributed by atoms with Gasteiger partial charge in [-0.25, -0.2) is 14.9 Å². The van der Waals surface area contributed by atoms with Gasteiger partial charge in [-0.15, -0.1) is 0 Å². The van der Waals surface area contributed by atoms with E-state index in [1.165, 1.54) is 16.7 Å². The van der Waals surface area contributed by atoms with Gasteiger partial charge in [0, 0.05) is 17.7 Å². The molecule has 1 fully saturated rings. The van der Waals surface area contributed by atoms with E-state index in [-0.39, 0.29) is 18.2 Å². The highest BCUT2D eigenvalue weighted by atomic mass is 32.2. The molecule has 0 radical (unpaired) electrons. The van der Waals surface area contributed by atoms with Gasteiger partial charge in [-0.3, -0.25) is 9.59 Å². The fourth-order valence-electron chi connectivity index (χ4n) is 3.61. The number of hydrogen-bond donors (Lipinski definition) is 0. The summed E-state index contributed by atoms with van der Waals surface area (Å²) in [4.78, 5) is 35.9. The highest BCUT2D eigenvalue weighted by molar-refractivity contribution is 8.00. The van der Waals surface area contributed by atoms with Gasteiger partial charge in [0.05, 0.1) is 18.0 Å². The highest BCUT2D eigenvalue weighted by Crippen LogP contribution is 2.37. The van der Waals surface area contributed by atoms with Crippen LogP contribution in [0.5, 0.6) is 5.75 Å². The number of hydrogen-bond acceptors (Lipinski definition) is 6.